The summed E-state index contributed by atoms with van der Waals surface area (Å²) in [6, 6.07) is -1.44. The molecular formula is C30H54ClFN12O11P2V. The fourth-order valence-corrected chi connectivity index (χ4v) is 5.93. The minimum atomic E-state index is -4.16. The minimum absolute atomic E-state index is 0. The van der Waals surface area contributed by atoms with Crippen LogP contribution in [0.2, 0.25) is 0 Å². The summed E-state index contributed by atoms with van der Waals surface area (Å²) < 4.78 is 59.6. The fourth-order valence-electron chi connectivity index (χ4n) is 4.24. The largest absolute Gasteiger partial charge is 0.462 e. The van der Waals surface area contributed by atoms with Crippen molar-refractivity contribution in [2.45, 2.75) is 105 Å². The van der Waals surface area contributed by atoms with Gasteiger partial charge >= 0.3 is 19.5 Å². The van der Waals surface area contributed by atoms with Crippen molar-refractivity contribution in [3.8, 4) is 0 Å². The maximum atomic E-state index is 12.2. The first kappa shape index (κ1) is 54.6. The molecule has 0 aromatic carbocycles. The maximum Gasteiger partial charge on any atom is 0.350 e. The Kier molecular flexibility index (Phi) is 24.5. The van der Waals surface area contributed by atoms with Gasteiger partial charge in [0.1, 0.15) is 48.5 Å². The number of esters is 2. The van der Waals surface area contributed by atoms with Crippen molar-refractivity contribution in [3.05, 3.63) is 25.3 Å². The van der Waals surface area contributed by atoms with Gasteiger partial charge in [0.15, 0.2) is 22.9 Å². The van der Waals surface area contributed by atoms with E-state index < -0.39 is 58.1 Å². The van der Waals surface area contributed by atoms with Crippen LogP contribution < -0.4 is 22.3 Å². The number of nitrogen functional groups attached to an aromatic ring is 2. The average Bonchev–Trinajstić information content (AvgIpc) is 3.72. The molecule has 0 amide bonds. The topological polar surface area (TPSA) is 343 Å². The van der Waals surface area contributed by atoms with Gasteiger partial charge in [0.25, 0.3) is 8.97 Å². The number of nitrogens with one attached hydrogen (secondary N) is 1. The van der Waals surface area contributed by atoms with Gasteiger partial charge in [0.2, 0.25) is 0 Å². The molecule has 0 aliphatic heterocycles. The Morgan fingerprint density at radius 3 is 1.52 bits per heavy atom. The van der Waals surface area contributed by atoms with Crippen molar-refractivity contribution in [2.75, 3.05) is 24.2 Å². The van der Waals surface area contributed by atoms with Gasteiger partial charge in [-0.1, -0.05) is 0 Å². The van der Waals surface area contributed by atoms with Crippen LogP contribution in [0, 0.1) is 0 Å². The third-order valence-electron chi connectivity index (χ3n) is 6.65. The van der Waals surface area contributed by atoms with Crippen LogP contribution in [0.3, 0.4) is 0 Å². The number of halogens is 2. The summed E-state index contributed by atoms with van der Waals surface area (Å²) in [7, 11) is -8.05. The number of nitrogens with two attached hydrogens (primary N) is 3. The molecule has 0 spiro atoms. The summed E-state index contributed by atoms with van der Waals surface area (Å²) in [6.07, 6.45) is 3.49. The van der Waals surface area contributed by atoms with Crippen molar-refractivity contribution in [2.24, 2.45) is 5.73 Å². The number of rotatable bonds is 16. The van der Waals surface area contributed by atoms with Crippen molar-refractivity contribution in [1.29, 1.82) is 1.45 Å². The molecule has 4 rings (SSSR count). The van der Waals surface area contributed by atoms with Gasteiger partial charge in [-0.15, -0.1) is 12.4 Å². The monoisotopic (exact) mass is 927 g/mol. The molecule has 28 heteroatoms. The molecule has 23 nitrogen and oxygen atoms in total. The minimum Gasteiger partial charge on any atom is -0.462 e. The summed E-state index contributed by atoms with van der Waals surface area (Å²) in [5.41, 5.74) is 18.7. The molecule has 10 N–H and O–H groups in total. The molecule has 4 heterocycles. The van der Waals surface area contributed by atoms with E-state index in [-0.39, 0.29) is 60.8 Å². The molecule has 58 heavy (non-hydrogen) atoms. The van der Waals surface area contributed by atoms with Crippen LogP contribution in [0.5, 0.6) is 0 Å². The van der Waals surface area contributed by atoms with E-state index in [1.54, 1.807) is 63.9 Å². The number of carbonyl (C=O) groups is 2. The standard InChI is InChI=1S/C15H25N6O5P.C9H14N5O4P.C6H13NO2.ClH.FH.V/c1-9(2)26-15(22)11(4)20-27(23,24)8-25-10(3)5-21-7-19-12-13(16)17-6-18-14(12)21;1-6(18-5-19(15,16)17)2-14-4-13-7-8(10)11-3-12-9(7)14;1-4(2)9-6(8)5(3)7;;;/h6-7,9-11H,5,8H2,1-4H3,(H2,16,17,18)(H2,20,23,24);3-4,6H,2,5H2,1H3,(H2,10,11,12)(H2,15,16,17);4-5H,7H2,1-3H3;2*1H;/t10-,11-;6-;5-;;;/m111.../s1/i/hT. The van der Waals surface area contributed by atoms with Crippen LogP contribution in [0.4, 0.5) is 16.4 Å². The van der Waals surface area contributed by atoms with Gasteiger partial charge in [0, 0.05) is 18.6 Å². The summed E-state index contributed by atoms with van der Waals surface area (Å²) in [4.78, 5) is 73.9. The molecule has 5 atom stereocenters. The van der Waals surface area contributed by atoms with E-state index in [1.807, 2.05) is 0 Å². The quantitative estimate of drug-likeness (QED) is 0.0621. The molecule has 1 radical (unpaired) electrons. The number of ether oxygens (including phenoxy) is 4. The molecule has 1 unspecified atom stereocenters. The summed E-state index contributed by atoms with van der Waals surface area (Å²) in [5.74, 6) is -0.384. The Bertz CT molecular complexity index is 1960. The second-order valence-electron chi connectivity index (χ2n) is 12.8. The fraction of sp³-hybridized carbons (Fsp3) is 0.600. The molecule has 329 valence electrons. The molecule has 0 saturated carbocycles. The average molecular weight is 928 g/mol. The van der Waals surface area contributed by atoms with Crippen molar-refractivity contribution < 1.29 is 75.6 Å². The first-order valence-electron chi connectivity index (χ1n) is 17.2. The third kappa shape index (κ3) is 20.1. The zero-order valence-electron chi connectivity index (χ0n) is 34.1. The van der Waals surface area contributed by atoms with Crippen molar-refractivity contribution >= 4 is 73.4 Å². The Morgan fingerprint density at radius 1 is 0.759 bits per heavy atom. The SMILES string of the molecule is CC(C)OC(=O)[C@@H](C)N.CC(C)OC(=O)[C@@H](C)NP(=O)(O)CO[C@H](C)Cn1cnc2c(N)ncnc21.C[C@H](Cn1cnc2c(N)ncnc21)OCP(=O)(O)O.Cl.[3H]F.[V]. The smallest absolute Gasteiger partial charge is 0.350 e. The zero-order chi connectivity index (χ0) is 43.7. The predicted molar refractivity (Wildman–Crippen MR) is 211 cm³/mol. The Balaban J connectivity index is 0. The van der Waals surface area contributed by atoms with Gasteiger partial charge in [-0.2, -0.15) is 0 Å². The van der Waals surface area contributed by atoms with E-state index in [1.165, 1.54) is 25.9 Å². The number of fused-ring (bicyclic) bond motifs is 2. The van der Waals surface area contributed by atoms with Crippen molar-refractivity contribution in [3.63, 3.8) is 0 Å². The van der Waals surface area contributed by atoms with Crippen LogP contribution in [0.1, 0.15) is 55.4 Å². The molecule has 4 aromatic rings. The van der Waals surface area contributed by atoms with Gasteiger partial charge in [-0.25, -0.2) is 35.0 Å². The number of aromatic nitrogens is 8. The molecule has 0 fully saturated rings. The van der Waals surface area contributed by atoms with Gasteiger partial charge < -0.3 is 60.0 Å². The van der Waals surface area contributed by atoms with Gasteiger partial charge in [-0.3, -0.25) is 23.4 Å². The number of imidazole rings is 2. The molecular weight excluding hydrogens is 872 g/mol. The van der Waals surface area contributed by atoms with E-state index in [2.05, 4.69) is 36.4 Å². The van der Waals surface area contributed by atoms with E-state index in [4.69, 9.17) is 50.7 Å². The van der Waals surface area contributed by atoms with Crippen LogP contribution in [0.15, 0.2) is 25.3 Å². The summed E-state index contributed by atoms with van der Waals surface area (Å²) in [6.45, 7) is 14.2. The zero-order valence-corrected chi connectivity index (χ0v) is 37.1. The van der Waals surface area contributed by atoms with Crippen LogP contribution >= 0.6 is 27.5 Å². The van der Waals surface area contributed by atoms with Crippen molar-refractivity contribution in [1.82, 2.24) is 44.1 Å². The Morgan fingerprint density at radius 2 is 1.16 bits per heavy atom. The van der Waals surface area contributed by atoms with E-state index in [9.17, 15) is 23.6 Å². The third-order valence-corrected chi connectivity index (χ3v) is 8.43. The van der Waals surface area contributed by atoms with Gasteiger partial charge in [-0.05, 0) is 55.4 Å². The van der Waals surface area contributed by atoms with E-state index in [0.29, 0.717) is 35.4 Å². The van der Waals surface area contributed by atoms with Crippen LogP contribution in [-0.4, -0.2) is 116 Å². The number of anilines is 2. The number of nitrogens with zero attached hydrogens (tertiary/aromatic N) is 8. The Hall–Kier alpha value is -3.38. The first-order chi connectivity index (χ1) is 26.5. The van der Waals surface area contributed by atoms with Crippen LogP contribution in [0.25, 0.3) is 22.3 Å². The summed E-state index contributed by atoms with van der Waals surface area (Å²) in [5, 5.41) is 2.37. The predicted octanol–water partition coefficient (Wildman–Crippen LogP) is 1.69. The number of carbonyl (C=O) groups excluding carboxylic acids is 2. The molecule has 4 aromatic heterocycles. The second-order valence-corrected chi connectivity index (χ2v) is 16.4. The molecule has 0 bridgehead atoms. The normalized spacial score (nSPS) is 14.3. The molecule has 0 aliphatic carbocycles. The van der Waals surface area contributed by atoms with E-state index in [0.717, 1.165) is 0 Å². The molecule has 0 aliphatic rings. The number of hydrogen-bond donors (Lipinski definition) is 7. The van der Waals surface area contributed by atoms with E-state index >= 15 is 0 Å². The Labute approximate surface area is 353 Å². The molecule has 0 saturated heterocycles. The summed E-state index contributed by atoms with van der Waals surface area (Å²) >= 11 is 0. The first-order valence-corrected chi connectivity index (χ1v) is 20.5. The van der Waals surface area contributed by atoms with Crippen LogP contribution in [-0.2, 0) is 69.3 Å². The maximum absolute atomic E-state index is 12.2. The van der Waals surface area contributed by atoms with Gasteiger partial charge in [0.05, 0.1) is 50.2 Å². The second kappa shape index (κ2) is 26.0. The number of hydrogen-bond acceptors (Lipinski definition) is 17.